The topological polar surface area (TPSA) is 98.7 Å². The van der Waals surface area contributed by atoms with Crippen LogP contribution in [0, 0.1) is 5.41 Å². The van der Waals surface area contributed by atoms with E-state index in [1.165, 1.54) is 0 Å². The van der Waals surface area contributed by atoms with E-state index >= 15 is 9.59 Å². The zero-order valence-electron chi connectivity index (χ0n) is 29.3. The molecular weight excluding hydrogens is 608 g/mol. The third-order valence-corrected chi connectivity index (χ3v) is 11.6. The summed E-state index contributed by atoms with van der Waals surface area (Å²) in [7, 11) is 0. The van der Waals surface area contributed by atoms with E-state index in [1.54, 1.807) is 0 Å². The number of hydrogen-bond acceptors (Lipinski definition) is 4. The van der Waals surface area contributed by atoms with Gasteiger partial charge in [-0.2, -0.15) is 0 Å². The highest BCUT2D eigenvalue weighted by Gasteiger charge is 2.50. The first-order valence-corrected chi connectivity index (χ1v) is 18.8. The number of carbonyl (C=O) groups is 2. The zero-order chi connectivity index (χ0) is 34.5. The van der Waals surface area contributed by atoms with Crippen molar-refractivity contribution < 1.29 is 19.8 Å². The summed E-state index contributed by atoms with van der Waals surface area (Å²) in [6, 6.07) is 26.9. The van der Waals surface area contributed by atoms with E-state index in [2.05, 4.69) is 34.9 Å². The predicted molar refractivity (Wildman–Crippen MR) is 198 cm³/mol. The fourth-order valence-corrected chi connectivity index (χ4v) is 8.99. The van der Waals surface area contributed by atoms with Gasteiger partial charge < -0.3 is 20.8 Å². The molecule has 0 aliphatic heterocycles. The first-order chi connectivity index (χ1) is 23.7. The van der Waals surface area contributed by atoms with Crippen LogP contribution in [0.2, 0.25) is 0 Å². The minimum Gasteiger partial charge on any atom is -0.387 e. The summed E-state index contributed by atoms with van der Waals surface area (Å²) in [5, 5.41) is 35.4. The summed E-state index contributed by atoms with van der Waals surface area (Å²) in [6.07, 6.45) is 9.95. The van der Waals surface area contributed by atoms with Gasteiger partial charge in [-0.1, -0.05) is 150 Å². The lowest BCUT2D eigenvalue weighted by Gasteiger charge is -2.44. The quantitative estimate of drug-likeness (QED) is 0.114. The van der Waals surface area contributed by atoms with E-state index in [-0.39, 0.29) is 11.8 Å². The van der Waals surface area contributed by atoms with Crippen LogP contribution in [0.3, 0.4) is 0 Å². The lowest BCUT2D eigenvalue weighted by Crippen LogP contribution is -2.58. The molecule has 0 aromatic heterocycles. The Kier molecular flexibility index (Phi) is 10.8. The van der Waals surface area contributed by atoms with Crippen molar-refractivity contribution in [3.05, 3.63) is 96.1 Å². The van der Waals surface area contributed by atoms with Crippen LogP contribution in [0.15, 0.2) is 84.9 Å². The van der Waals surface area contributed by atoms with E-state index in [0.29, 0.717) is 51.4 Å². The van der Waals surface area contributed by atoms with Crippen LogP contribution in [0.25, 0.3) is 21.5 Å². The highest BCUT2D eigenvalue weighted by Crippen LogP contribution is 2.44. The maximum atomic E-state index is 15.0. The highest BCUT2D eigenvalue weighted by molar-refractivity contribution is 6.05. The Morgan fingerprint density at radius 1 is 0.592 bits per heavy atom. The molecule has 0 radical (unpaired) electrons. The van der Waals surface area contributed by atoms with Gasteiger partial charge >= 0.3 is 0 Å². The second kappa shape index (κ2) is 15.0. The molecule has 4 N–H and O–H groups in total. The van der Waals surface area contributed by atoms with Crippen molar-refractivity contribution in [2.45, 2.75) is 127 Å². The summed E-state index contributed by atoms with van der Waals surface area (Å²) in [5.41, 5.74) is -1.90. The second-order valence-corrected chi connectivity index (χ2v) is 14.9. The third-order valence-electron chi connectivity index (χ3n) is 11.6. The third kappa shape index (κ3) is 7.00. The van der Waals surface area contributed by atoms with Gasteiger partial charge in [-0.25, -0.2) is 0 Å². The number of hydrogen-bond donors (Lipinski definition) is 4. The van der Waals surface area contributed by atoms with Gasteiger partial charge in [0.25, 0.3) is 0 Å². The average molecular weight is 663 g/mol. The van der Waals surface area contributed by atoms with Gasteiger partial charge in [-0.3, -0.25) is 9.59 Å². The molecule has 0 bridgehead atoms. The predicted octanol–water partition coefficient (Wildman–Crippen LogP) is 8.98. The molecule has 6 nitrogen and oxygen atoms in total. The Labute approximate surface area is 291 Å². The first kappa shape index (κ1) is 35.1. The molecule has 2 atom stereocenters. The fourth-order valence-electron chi connectivity index (χ4n) is 8.99. The van der Waals surface area contributed by atoms with Gasteiger partial charge in [-0.05, 0) is 71.2 Å². The maximum absolute atomic E-state index is 15.0. The number of carbonyl (C=O) groups excluding carboxylic acids is 2. The lowest BCUT2D eigenvalue weighted by molar-refractivity contribution is -0.149. The van der Waals surface area contributed by atoms with E-state index in [1.807, 2.05) is 74.5 Å². The zero-order valence-corrected chi connectivity index (χ0v) is 29.3. The summed E-state index contributed by atoms with van der Waals surface area (Å²) < 4.78 is 0. The van der Waals surface area contributed by atoms with Crippen molar-refractivity contribution in [2.75, 3.05) is 0 Å². The Balaban J connectivity index is 1.42. The minimum absolute atomic E-state index is 0.349. The molecule has 6 rings (SSSR count). The van der Waals surface area contributed by atoms with Crippen LogP contribution in [-0.2, 0) is 9.59 Å². The Morgan fingerprint density at radius 3 is 1.35 bits per heavy atom. The molecule has 2 amide bonds. The second-order valence-electron chi connectivity index (χ2n) is 14.9. The molecule has 4 aromatic carbocycles. The molecule has 2 unspecified atom stereocenters. The van der Waals surface area contributed by atoms with E-state index in [4.69, 9.17) is 0 Å². The molecule has 2 aliphatic rings. The Bertz CT molecular complexity index is 1610. The van der Waals surface area contributed by atoms with Gasteiger partial charge in [0.05, 0.1) is 23.3 Å². The molecule has 6 heteroatoms. The van der Waals surface area contributed by atoms with Crippen LogP contribution in [0.5, 0.6) is 0 Å². The smallest absolute Gasteiger partial charge is 0.236 e. The van der Waals surface area contributed by atoms with Crippen molar-refractivity contribution in [1.82, 2.24) is 10.6 Å². The molecule has 0 heterocycles. The van der Waals surface area contributed by atoms with Gasteiger partial charge in [-0.15, -0.1) is 0 Å². The number of aliphatic hydroxyl groups is 2. The first-order valence-electron chi connectivity index (χ1n) is 18.8. The van der Waals surface area contributed by atoms with Crippen molar-refractivity contribution in [3.8, 4) is 0 Å². The van der Waals surface area contributed by atoms with E-state index in [9.17, 15) is 10.2 Å². The van der Waals surface area contributed by atoms with Crippen molar-refractivity contribution >= 4 is 33.4 Å². The van der Waals surface area contributed by atoms with Gasteiger partial charge in [0.1, 0.15) is 5.41 Å². The average Bonchev–Trinajstić information content (AvgIpc) is 3.12. The number of nitrogens with one attached hydrogen (secondary N) is 2. The van der Waals surface area contributed by atoms with Crippen LogP contribution < -0.4 is 10.6 Å². The Morgan fingerprint density at radius 2 is 0.959 bits per heavy atom. The highest BCUT2D eigenvalue weighted by atomic mass is 16.3. The van der Waals surface area contributed by atoms with E-state index < -0.39 is 28.7 Å². The van der Waals surface area contributed by atoms with Crippen LogP contribution in [0.1, 0.15) is 127 Å². The number of fused-ring (bicyclic) bond motifs is 2. The van der Waals surface area contributed by atoms with Crippen molar-refractivity contribution in [2.24, 2.45) is 5.41 Å². The van der Waals surface area contributed by atoms with Gasteiger partial charge in [0, 0.05) is 0 Å². The van der Waals surface area contributed by atoms with E-state index in [0.717, 1.165) is 71.2 Å². The molecule has 2 aliphatic carbocycles. The number of rotatable bonds is 12. The van der Waals surface area contributed by atoms with Crippen LogP contribution >= 0.6 is 0 Å². The molecule has 49 heavy (non-hydrogen) atoms. The minimum atomic E-state index is -1.38. The Hall–Kier alpha value is -3.74. The number of benzene rings is 4. The molecule has 260 valence electrons. The monoisotopic (exact) mass is 662 g/mol. The summed E-state index contributed by atoms with van der Waals surface area (Å²) in [5.74, 6) is -0.698. The summed E-state index contributed by atoms with van der Waals surface area (Å²) >= 11 is 0. The summed E-state index contributed by atoms with van der Waals surface area (Å²) in [6.45, 7) is 4.03. The normalized spacial score (nSPS) is 18.9. The summed E-state index contributed by atoms with van der Waals surface area (Å²) in [4.78, 5) is 30.1. The maximum Gasteiger partial charge on any atom is 0.236 e. The number of amides is 2. The fraction of sp³-hybridized carbons (Fsp3) is 0.488. The lowest BCUT2D eigenvalue weighted by atomic mass is 9.72. The van der Waals surface area contributed by atoms with Gasteiger partial charge in [0.15, 0.2) is 0 Å². The van der Waals surface area contributed by atoms with Crippen LogP contribution in [0.4, 0.5) is 0 Å². The molecular formula is C43H54N2O4. The van der Waals surface area contributed by atoms with Crippen molar-refractivity contribution in [1.29, 1.82) is 0 Å². The standard InChI is InChI=1S/C43H54N2O4/c1-3-25-41(26-4-2,39(46)44-37(42(48)27-11-5-12-28-42)35-23-15-19-31-17-7-9-21-33(31)35)40(47)45-38(43(49)29-13-6-14-30-43)36-24-16-20-32-18-8-10-22-34(32)36/h7-10,15-24,37-38,48-49H,3-6,11-14,25-30H2,1-2H3,(H,44,46)(H,45,47). The SMILES string of the molecule is CCCC(CCC)(C(=O)NC(c1cccc2ccccc12)C1(O)CCCCC1)C(=O)NC(c1cccc2ccccc12)C1(O)CCCCC1. The van der Waals surface area contributed by atoms with Gasteiger partial charge in [0.2, 0.25) is 11.8 Å². The largest absolute Gasteiger partial charge is 0.387 e. The molecule has 2 fully saturated rings. The molecule has 0 spiro atoms. The van der Waals surface area contributed by atoms with Crippen molar-refractivity contribution in [3.63, 3.8) is 0 Å². The van der Waals surface area contributed by atoms with Crippen LogP contribution in [-0.4, -0.2) is 33.2 Å². The molecule has 2 saturated carbocycles. The molecule has 0 saturated heterocycles. The molecule has 4 aromatic rings.